The first-order chi connectivity index (χ1) is 5.61. The summed E-state index contributed by atoms with van der Waals surface area (Å²) < 4.78 is 35.5. The lowest BCUT2D eigenvalue weighted by atomic mass is 10.00. The molecule has 0 bridgehead atoms. The van der Waals surface area contributed by atoms with Crippen molar-refractivity contribution < 1.29 is 38.1 Å². The molecule has 0 saturated heterocycles. The third kappa shape index (κ3) is 2.31. The molecule has 5 nitrogen and oxygen atoms in total. The van der Waals surface area contributed by atoms with Crippen molar-refractivity contribution in [3.8, 4) is 0 Å². The lowest BCUT2D eigenvalue weighted by Crippen LogP contribution is -2.53. The third-order valence-electron chi connectivity index (χ3n) is 1.23. The number of hydrogen-bond acceptors (Lipinski definition) is 3. The van der Waals surface area contributed by atoms with Gasteiger partial charge in [0.1, 0.15) is 0 Å². The Morgan fingerprint density at radius 2 is 1.54 bits per heavy atom. The van der Waals surface area contributed by atoms with E-state index in [-0.39, 0.29) is 0 Å². The molecule has 0 aliphatic heterocycles. The number of carboxylic acid groups (broad SMARTS) is 2. The molecule has 0 aromatic rings. The number of alkyl halides is 3. The lowest BCUT2D eigenvalue weighted by Gasteiger charge is -2.23. The Balaban J connectivity index is 4.96. The van der Waals surface area contributed by atoms with Crippen LogP contribution in [0.4, 0.5) is 13.2 Å². The molecular weight excluding hydrogens is 197 g/mol. The summed E-state index contributed by atoms with van der Waals surface area (Å²) in [5, 5.41) is 24.4. The number of aliphatic hydroxyl groups is 1. The van der Waals surface area contributed by atoms with E-state index in [0.29, 0.717) is 0 Å². The van der Waals surface area contributed by atoms with Crippen molar-refractivity contribution in [2.75, 3.05) is 0 Å². The van der Waals surface area contributed by atoms with Gasteiger partial charge in [-0.1, -0.05) is 0 Å². The fourth-order valence-electron chi connectivity index (χ4n) is 0.516. The summed E-state index contributed by atoms with van der Waals surface area (Å²) in [5.74, 6) is -4.69. The van der Waals surface area contributed by atoms with Crippen LogP contribution in [-0.4, -0.2) is 39.0 Å². The standard InChI is InChI=1S/C5H5F3O5/c6-5(7,8)4(13,3(11)12)1-2(9)10/h13H,1H2,(H,9,10)(H,11,12). The molecule has 0 spiro atoms. The number of rotatable bonds is 3. The maximum absolute atomic E-state index is 11.8. The minimum atomic E-state index is -5.52. The van der Waals surface area contributed by atoms with Crippen LogP contribution in [0.2, 0.25) is 0 Å². The molecule has 76 valence electrons. The van der Waals surface area contributed by atoms with Crippen LogP contribution in [0.3, 0.4) is 0 Å². The molecule has 0 amide bonds. The van der Waals surface area contributed by atoms with E-state index < -0.39 is 30.1 Å². The van der Waals surface area contributed by atoms with Crippen molar-refractivity contribution >= 4 is 11.9 Å². The summed E-state index contributed by atoms with van der Waals surface area (Å²) in [4.78, 5) is 19.8. The van der Waals surface area contributed by atoms with E-state index in [1.807, 2.05) is 0 Å². The molecule has 0 aromatic carbocycles. The van der Waals surface area contributed by atoms with Crippen molar-refractivity contribution in [1.82, 2.24) is 0 Å². The quantitative estimate of drug-likeness (QED) is 0.591. The second kappa shape index (κ2) is 3.21. The fraction of sp³-hybridized carbons (Fsp3) is 0.600. The second-order valence-electron chi connectivity index (χ2n) is 2.23. The molecule has 1 unspecified atom stereocenters. The first-order valence-corrected chi connectivity index (χ1v) is 2.85. The first kappa shape index (κ1) is 11.7. The Labute approximate surface area is 69.4 Å². The van der Waals surface area contributed by atoms with Crippen molar-refractivity contribution in [2.45, 2.75) is 18.2 Å². The highest BCUT2D eigenvalue weighted by Crippen LogP contribution is 2.33. The zero-order chi connectivity index (χ0) is 10.9. The Hall–Kier alpha value is -1.31. The van der Waals surface area contributed by atoms with Gasteiger partial charge in [0.05, 0.1) is 6.42 Å². The largest absolute Gasteiger partial charge is 0.481 e. The Morgan fingerprint density at radius 1 is 1.15 bits per heavy atom. The average molecular weight is 202 g/mol. The first-order valence-electron chi connectivity index (χ1n) is 2.85. The zero-order valence-corrected chi connectivity index (χ0v) is 6.00. The topological polar surface area (TPSA) is 94.8 Å². The molecule has 0 heterocycles. The fourth-order valence-corrected chi connectivity index (χ4v) is 0.516. The molecule has 13 heavy (non-hydrogen) atoms. The van der Waals surface area contributed by atoms with Gasteiger partial charge >= 0.3 is 18.1 Å². The van der Waals surface area contributed by atoms with E-state index in [1.165, 1.54) is 0 Å². The summed E-state index contributed by atoms with van der Waals surface area (Å²) in [6.45, 7) is 0. The lowest BCUT2D eigenvalue weighted by molar-refractivity contribution is -0.262. The maximum Gasteiger partial charge on any atom is 0.428 e. The molecule has 0 rings (SSSR count). The molecule has 0 radical (unpaired) electrons. The SMILES string of the molecule is O=C(O)CC(O)(C(=O)O)C(F)(F)F. The predicted octanol–water partition coefficient (Wildman–Crippen LogP) is -0.161. The van der Waals surface area contributed by atoms with E-state index in [1.54, 1.807) is 0 Å². The van der Waals surface area contributed by atoms with Gasteiger partial charge < -0.3 is 15.3 Å². The highest BCUT2D eigenvalue weighted by atomic mass is 19.4. The van der Waals surface area contributed by atoms with Crippen LogP contribution in [0, 0.1) is 0 Å². The molecule has 8 heteroatoms. The van der Waals surface area contributed by atoms with Gasteiger partial charge in [0.2, 0.25) is 0 Å². The smallest absolute Gasteiger partial charge is 0.428 e. The van der Waals surface area contributed by atoms with Crippen LogP contribution in [-0.2, 0) is 9.59 Å². The monoisotopic (exact) mass is 202 g/mol. The van der Waals surface area contributed by atoms with Crippen molar-refractivity contribution in [3.63, 3.8) is 0 Å². The number of hydrogen-bond donors (Lipinski definition) is 3. The van der Waals surface area contributed by atoms with Gasteiger partial charge in [-0.25, -0.2) is 4.79 Å². The van der Waals surface area contributed by atoms with Crippen LogP contribution in [0.15, 0.2) is 0 Å². The Bertz CT molecular complexity index is 235. The van der Waals surface area contributed by atoms with Crippen LogP contribution in [0.25, 0.3) is 0 Å². The highest BCUT2D eigenvalue weighted by molar-refractivity contribution is 5.84. The minimum Gasteiger partial charge on any atom is -0.481 e. The van der Waals surface area contributed by atoms with E-state index >= 15 is 0 Å². The summed E-state index contributed by atoms with van der Waals surface area (Å²) in [5.41, 5.74) is -4.22. The Morgan fingerprint density at radius 3 is 1.62 bits per heavy atom. The summed E-state index contributed by atoms with van der Waals surface area (Å²) in [7, 11) is 0. The zero-order valence-electron chi connectivity index (χ0n) is 6.00. The van der Waals surface area contributed by atoms with Crippen LogP contribution < -0.4 is 0 Å². The third-order valence-corrected chi connectivity index (χ3v) is 1.23. The molecular formula is C5H5F3O5. The molecule has 3 N–H and O–H groups in total. The minimum absolute atomic E-state index is 1.92. The van der Waals surface area contributed by atoms with Crippen molar-refractivity contribution in [2.24, 2.45) is 0 Å². The predicted molar refractivity (Wildman–Crippen MR) is 30.9 cm³/mol. The number of halogens is 3. The van der Waals surface area contributed by atoms with Crippen molar-refractivity contribution in [1.29, 1.82) is 0 Å². The molecule has 0 saturated carbocycles. The summed E-state index contributed by atoms with van der Waals surface area (Å²) >= 11 is 0. The van der Waals surface area contributed by atoms with Gasteiger partial charge in [-0.3, -0.25) is 4.79 Å². The highest BCUT2D eigenvalue weighted by Gasteiger charge is 2.61. The number of aliphatic carboxylic acids is 2. The molecule has 0 aliphatic rings. The number of carboxylic acids is 2. The van der Waals surface area contributed by atoms with Crippen LogP contribution in [0.1, 0.15) is 6.42 Å². The van der Waals surface area contributed by atoms with E-state index in [0.717, 1.165) is 0 Å². The normalized spacial score (nSPS) is 16.3. The van der Waals surface area contributed by atoms with Gasteiger partial charge in [0.15, 0.2) is 0 Å². The Kier molecular flexibility index (Phi) is 2.88. The van der Waals surface area contributed by atoms with Gasteiger partial charge in [-0.05, 0) is 0 Å². The molecule has 1 atom stereocenters. The molecule has 0 fully saturated rings. The number of carbonyl (C=O) groups is 2. The van der Waals surface area contributed by atoms with E-state index in [2.05, 4.69) is 0 Å². The van der Waals surface area contributed by atoms with E-state index in [4.69, 9.17) is 15.3 Å². The molecule has 0 aromatic heterocycles. The molecule has 0 aliphatic carbocycles. The average Bonchev–Trinajstić information content (AvgIpc) is 1.82. The van der Waals surface area contributed by atoms with Gasteiger partial charge in [-0.2, -0.15) is 13.2 Å². The van der Waals surface area contributed by atoms with Crippen LogP contribution in [0.5, 0.6) is 0 Å². The van der Waals surface area contributed by atoms with Crippen molar-refractivity contribution in [3.05, 3.63) is 0 Å². The second-order valence-corrected chi connectivity index (χ2v) is 2.23. The van der Waals surface area contributed by atoms with Gasteiger partial charge in [0, 0.05) is 0 Å². The van der Waals surface area contributed by atoms with Crippen LogP contribution >= 0.6 is 0 Å². The van der Waals surface area contributed by atoms with E-state index in [9.17, 15) is 22.8 Å². The summed E-state index contributed by atoms with van der Waals surface area (Å²) in [6, 6.07) is 0. The van der Waals surface area contributed by atoms with Gasteiger partial charge in [-0.15, -0.1) is 0 Å². The summed E-state index contributed by atoms with van der Waals surface area (Å²) in [6.07, 6.45) is -7.44. The van der Waals surface area contributed by atoms with Gasteiger partial charge in [0.25, 0.3) is 5.60 Å². The maximum atomic E-state index is 11.8.